The van der Waals surface area contributed by atoms with Gasteiger partial charge in [0.2, 0.25) is 0 Å². The molecule has 4 nitrogen and oxygen atoms in total. The van der Waals surface area contributed by atoms with E-state index >= 15 is 0 Å². The number of ether oxygens (including phenoxy) is 1. The van der Waals surface area contributed by atoms with E-state index in [0.717, 1.165) is 6.42 Å². The third-order valence-electron chi connectivity index (χ3n) is 3.20. The summed E-state index contributed by atoms with van der Waals surface area (Å²) in [4.78, 5) is 17.1. The first kappa shape index (κ1) is 14.0. The van der Waals surface area contributed by atoms with Crippen LogP contribution in [0, 0.1) is 0 Å². The Morgan fingerprint density at radius 1 is 1.42 bits per heavy atom. The van der Waals surface area contributed by atoms with Gasteiger partial charge in [-0.2, -0.15) is 0 Å². The molecule has 0 saturated carbocycles. The Bertz CT molecular complexity index is 624. The number of hydrogen-bond acceptors (Lipinski definition) is 3. The highest BCUT2D eigenvalue weighted by Crippen LogP contribution is 2.16. The highest BCUT2D eigenvalue weighted by molar-refractivity contribution is 6.16. The topological polar surface area (TPSA) is 44.1 Å². The van der Waals surface area contributed by atoms with Gasteiger partial charge in [0.25, 0.3) is 5.56 Å². The molecule has 1 unspecified atom stereocenters. The Hall–Kier alpha value is -1.39. The minimum Gasteiger partial charge on any atom is -0.383 e. The molecule has 102 valence electrons. The average Bonchev–Trinajstić information content (AvgIpc) is 2.45. The normalized spacial score (nSPS) is 12.8. The molecule has 19 heavy (non-hydrogen) atoms. The maximum Gasteiger partial charge on any atom is 0.261 e. The van der Waals surface area contributed by atoms with Crippen LogP contribution in [0.1, 0.15) is 25.2 Å². The lowest BCUT2D eigenvalue weighted by Gasteiger charge is -2.20. The second-order valence-electron chi connectivity index (χ2n) is 4.37. The molecular weight excluding hydrogens is 264 g/mol. The van der Waals surface area contributed by atoms with Gasteiger partial charge in [0.05, 0.1) is 29.4 Å². The standard InChI is InChI=1S/C14H17ClN2O2/c1-3-10(9-19-2)17-13(8-15)16-12-7-5-4-6-11(12)14(17)18/h4-7,10H,3,8-9H2,1-2H3. The summed E-state index contributed by atoms with van der Waals surface area (Å²) in [6, 6.07) is 7.28. The van der Waals surface area contributed by atoms with Gasteiger partial charge < -0.3 is 4.74 Å². The number of fused-ring (bicyclic) bond motifs is 1. The van der Waals surface area contributed by atoms with E-state index in [0.29, 0.717) is 23.3 Å². The average molecular weight is 281 g/mol. The van der Waals surface area contributed by atoms with Crippen molar-refractivity contribution in [2.45, 2.75) is 25.3 Å². The van der Waals surface area contributed by atoms with Crippen LogP contribution in [0.5, 0.6) is 0 Å². The van der Waals surface area contributed by atoms with Crippen molar-refractivity contribution in [2.75, 3.05) is 13.7 Å². The fraction of sp³-hybridized carbons (Fsp3) is 0.429. The first-order valence-corrected chi connectivity index (χ1v) is 6.81. The van der Waals surface area contributed by atoms with Crippen molar-refractivity contribution in [3.05, 3.63) is 40.4 Å². The van der Waals surface area contributed by atoms with Gasteiger partial charge >= 0.3 is 0 Å². The van der Waals surface area contributed by atoms with Crippen LogP contribution in [0.15, 0.2) is 29.1 Å². The number of alkyl halides is 1. The fourth-order valence-electron chi connectivity index (χ4n) is 2.23. The molecule has 0 spiro atoms. The van der Waals surface area contributed by atoms with Gasteiger partial charge in [-0.1, -0.05) is 19.1 Å². The lowest BCUT2D eigenvalue weighted by molar-refractivity contribution is 0.150. The van der Waals surface area contributed by atoms with E-state index in [1.807, 2.05) is 25.1 Å². The molecule has 0 bridgehead atoms. The number of nitrogens with zero attached hydrogens (tertiary/aromatic N) is 2. The monoisotopic (exact) mass is 280 g/mol. The minimum absolute atomic E-state index is 0.0386. The van der Waals surface area contributed by atoms with Gasteiger partial charge in [-0.3, -0.25) is 9.36 Å². The SMILES string of the molecule is CCC(COC)n1c(CCl)nc2ccccc2c1=O. The van der Waals surface area contributed by atoms with E-state index in [1.54, 1.807) is 17.7 Å². The molecule has 1 aromatic heterocycles. The largest absolute Gasteiger partial charge is 0.383 e. The van der Waals surface area contributed by atoms with E-state index in [1.165, 1.54) is 0 Å². The van der Waals surface area contributed by atoms with Crippen LogP contribution in [0.4, 0.5) is 0 Å². The summed E-state index contributed by atoms with van der Waals surface area (Å²) in [6.45, 7) is 2.49. The molecule has 5 heteroatoms. The van der Waals surface area contributed by atoms with Crippen LogP contribution in [-0.2, 0) is 10.6 Å². The van der Waals surface area contributed by atoms with Crippen LogP contribution in [0.2, 0.25) is 0 Å². The molecule has 1 aromatic carbocycles. The molecule has 0 N–H and O–H groups in total. The summed E-state index contributed by atoms with van der Waals surface area (Å²) < 4.78 is 6.85. The first-order valence-electron chi connectivity index (χ1n) is 6.28. The van der Waals surface area contributed by atoms with Gasteiger partial charge in [-0.05, 0) is 18.6 Å². The zero-order valence-corrected chi connectivity index (χ0v) is 11.9. The van der Waals surface area contributed by atoms with E-state index < -0.39 is 0 Å². The second-order valence-corrected chi connectivity index (χ2v) is 4.64. The molecule has 0 aliphatic heterocycles. The van der Waals surface area contributed by atoms with Gasteiger partial charge in [-0.15, -0.1) is 11.6 Å². The summed E-state index contributed by atoms with van der Waals surface area (Å²) in [5, 5.41) is 0.617. The number of para-hydroxylation sites is 1. The number of rotatable bonds is 5. The first-order chi connectivity index (χ1) is 9.22. The van der Waals surface area contributed by atoms with E-state index in [4.69, 9.17) is 16.3 Å². The molecule has 0 fully saturated rings. The molecule has 1 heterocycles. The van der Waals surface area contributed by atoms with Crippen molar-refractivity contribution in [2.24, 2.45) is 0 Å². The molecule has 0 amide bonds. The summed E-state index contributed by atoms with van der Waals surface area (Å²) >= 11 is 5.94. The van der Waals surface area contributed by atoms with Crippen LogP contribution in [0.3, 0.4) is 0 Å². The summed E-state index contributed by atoms with van der Waals surface area (Å²) in [5.41, 5.74) is 0.636. The van der Waals surface area contributed by atoms with Gasteiger partial charge in [0.15, 0.2) is 0 Å². The molecule has 0 aliphatic carbocycles. The molecule has 2 rings (SSSR count). The molecule has 2 aromatic rings. The van der Waals surface area contributed by atoms with Gasteiger partial charge in [0, 0.05) is 7.11 Å². The molecule has 0 saturated heterocycles. The molecule has 1 atom stereocenters. The predicted octanol–water partition coefficient (Wildman–Crippen LogP) is 2.73. The third-order valence-corrected chi connectivity index (χ3v) is 3.43. The lowest BCUT2D eigenvalue weighted by atomic mass is 10.2. The van der Waals surface area contributed by atoms with Crippen LogP contribution >= 0.6 is 11.6 Å². The molecular formula is C14H17ClN2O2. The van der Waals surface area contributed by atoms with Crippen molar-refractivity contribution in [1.82, 2.24) is 9.55 Å². The number of aromatic nitrogens is 2. The van der Waals surface area contributed by atoms with Crippen molar-refractivity contribution in [1.29, 1.82) is 0 Å². The van der Waals surface area contributed by atoms with Crippen molar-refractivity contribution < 1.29 is 4.74 Å². The summed E-state index contributed by atoms with van der Waals surface area (Å²) in [5.74, 6) is 0.801. The van der Waals surface area contributed by atoms with Gasteiger partial charge in [-0.25, -0.2) is 4.98 Å². The van der Waals surface area contributed by atoms with E-state index in [9.17, 15) is 4.79 Å². The number of methoxy groups -OCH3 is 1. The van der Waals surface area contributed by atoms with Crippen LogP contribution < -0.4 is 5.56 Å². The maximum absolute atomic E-state index is 12.6. The molecule has 0 aliphatic rings. The summed E-state index contributed by atoms with van der Waals surface area (Å²) in [6.07, 6.45) is 0.789. The Labute approximate surface area is 117 Å². The van der Waals surface area contributed by atoms with E-state index in [2.05, 4.69) is 4.98 Å². The third kappa shape index (κ3) is 2.65. The summed E-state index contributed by atoms with van der Waals surface area (Å²) in [7, 11) is 1.63. The Balaban J connectivity index is 2.70. The Morgan fingerprint density at radius 2 is 2.16 bits per heavy atom. The highest BCUT2D eigenvalue weighted by atomic mass is 35.5. The minimum atomic E-state index is -0.0508. The zero-order valence-electron chi connectivity index (χ0n) is 11.1. The maximum atomic E-state index is 12.6. The van der Waals surface area contributed by atoms with Crippen molar-refractivity contribution >= 4 is 22.5 Å². The van der Waals surface area contributed by atoms with Crippen molar-refractivity contribution in [3.63, 3.8) is 0 Å². The fourth-order valence-corrected chi connectivity index (χ4v) is 2.42. The second kappa shape index (κ2) is 6.17. The predicted molar refractivity (Wildman–Crippen MR) is 76.8 cm³/mol. The number of halogens is 1. The van der Waals surface area contributed by atoms with Crippen LogP contribution in [0.25, 0.3) is 10.9 Å². The number of benzene rings is 1. The smallest absolute Gasteiger partial charge is 0.261 e. The lowest BCUT2D eigenvalue weighted by Crippen LogP contribution is -2.31. The molecule has 0 radical (unpaired) electrons. The Morgan fingerprint density at radius 3 is 2.79 bits per heavy atom. The quantitative estimate of drug-likeness (QED) is 0.791. The van der Waals surface area contributed by atoms with Crippen LogP contribution in [-0.4, -0.2) is 23.3 Å². The highest BCUT2D eigenvalue weighted by Gasteiger charge is 2.17. The Kier molecular flexibility index (Phi) is 4.56. The number of hydrogen-bond donors (Lipinski definition) is 0. The zero-order chi connectivity index (χ0) is 13.8. The van der Waals surface area contributed by atoms with Crippen molar-refractivity contribution in [3.8, 4) is 0 Å². The van der Waals surface area contributed by atoms with E-state index in [-0.39, 0.29) is 17.5 Å². The van der Waals surface area contributed by atoms with Gasteiger partial charge in [0.1, 0.15) is 5.82 Å².